The highest BCUT2D eigenvalue weighted by Crippen LogP contribution is 2.00. The fourth-order valence-electron chi connectivity index (χ4n) is 1.33. The van der Waals surface area contributed by atoms with Gasteiger partial charge in [0.15, 0.2) is 0 Å². The number of aromatic nitrogens is 4. The van der Waals surface area contributed by atoms with Crippen molar-refractivity contribution in [1.29, 1.82) is 0 Å². The van der Waals surface area contributed by atoms with Gasteiger partial charge in [-0.2, -0.15) is 5.10 Å². The predicted molar refractivity (Wildman–Crippen MR) is 52.4 cm³/mol. The molecule has 14 heavy (non-hydrogen) atoms. The van der Waals surface area contributed by atoms with E-state index in [1.807, 2.05) is 30.1 Å². The summed E-state index contributed by atoms with van der Waals surface area (Å²) in [5, 5.41) is 4.28. The molecule has 2 N–H and O–H groups in total. The summed E-state index contributed by atoms with van der Waals surface area (Å²) in [5.74, 6) is 0. The van der Waals surface area contributed by atoms with Gasteiger partial charge in [-0.25, -0.2) is 4.98 Å². The molecular formula is C9H13N5. The van der Waals surface area contributed by atoms with Crippen LogP contribution < -0.4 is 5.73 Å². The van der Waals surface area contributed by atoms with Crippen LogP contribution >= 0.6 is 0 Å². The van der Waals surface area contributed by atoms with Gasteiger partial charge in [0, 0.05) is 26.0 Å². The quantitative estimate of drug-likeness (QED) is 0.749. The van der Waals surface area contributed by atoms with Crippen molar-refractivity contribution in [2.75, 3.05) is 0 Å². The van der Waals surface area contributed by atoms with Crippen molar-refractivity contribution >= 4 is 0 Å². The molecule has 5 nitrogen and oxygen atoms in total. The maximum Gasteiger partial charge on any atom is 0.0953 e. The molecule has 0 atom stereocenters. The van der Waals surface area contributed by atoms with Crippen LogP contribution in [0.5, 0.6) is 0 Å². The monoisotopic (exact) mass is 191 g/mol. The van der Waals surface area contributed by atoms with Gasteiger partial charge in [0.05, 0.1) is 24.3 Å². The second kappa shape index (κ2) is 3.63. The van der Waals surface area contributed by atoms with Gasteiger partial charge in [-0.05, 0) is 6.07 Å². The zero-order chi connectivity index (χ0) is 9.97. The number of nitrogens with zero attached hydrogens (tertiary/aromatic N) is 4. The summed E-state index contributed by atoms with van der Waals surface area (Å²) in [6.07, 6.45) is 5.64. The molecule has 0 aromatic carbocycles. The van der Waals surface area contributed by atoms with Crippen molar-refractivity contribution in [3.63, 3.8) is 0 Å². The molecule has 2 rings (SSSR count). The molecule has 0 aliphatic carbocycles. The molecular weight excluding hydrogens is 178 g/mol. The molecule has 0 aliphatic heterocycles. The van der Waals surface area contributed by atoms with Gasteiger partial charge < -0.3 is 10.3 Å². The molecule has 74 valence electrons. The third kappa shape index (κ3) is 1.82. The third-order valence-corrected chi connectivity index (χ3v) is 2.01. The second-order valence-corrected chi connectivity index (χ2v) is 3.22. The van der Waals surface area contributed by atoms with Crippen molar-refractivity contribution in [2.45, 2.75) is 13.1 Å². The van der Waals surface area contributed by atoms with Crippen LogP contribution in [0.4, 0.5) is 0 Å². The first-order valence-corrected chi connectivity index (χ1v) is 4.47. The summed E-state index contributed by atoms with van der Waals surface area (Å²) in [4.78, 5) is 4.14. The molecule has 0 amide bonds. The maximum atomic E-state index is 5.47. The van der Waals surface area contributed by atoms with Gasteiger partial charge in [-0.3, -0.25) is 4.68 Å². The number of aryl methyl sites for hydroxylation is 1. The summed E-state index contributed by atoms with van der Waals surface area (Å²) in [6.45, 7) is 1.23. The van der Waals surface area contributed by atoms with E-state index in [0.717, 1.165) is 17.9 Å². The fraction of sp³-hybridized carbons (Fsp3) is 0.333. The lowest BCUT2D eigenvalue weighted by molar-refractivity contribution is 0.705. The molecule has 0 radical (unpaired) electrons. The lowest BCUT2D eigenvalue weighted by Gasteiger charge is -1.96. The molecule has 2 aromatic rings. The maximum absolute atomic E-state index is 5.47. The van der Waals surface area contributed by atoms with Crippen molar-refractivity contribution < 1.29 is 0 Å². The van der Waals surface area contributed by atoms with E-state index in [0.29, 0.717) is 6.54 Å². The van der Waals surface area contributed by atoms with Crippen LogP contribution in [0.1, 0.15) is 11.4 Å². The standard InChI is InChI=1S/C9H13N5/c1-13-3-2-8(12-13)5-14-6-9(4-10)11-7-14/h2-3,6-7H,4-5,10H2,1H3. The van der Waals surface area contributed by atoms with Crippen molar-refractivity contribution in [2.24, 2.45) is 12.8 Å². The van der Waals surface area contributed by atoms with Gasteiger partial charge >= 0.3 is 0 Å². The van der Waals surface area contributed by atoms with E-state index in [-0.39, 0.29) is 0 Å². The number of imidazole rings is 1. The molecule has 0 saturated heterocycles. The smallest absolute Gasteiger partial charge is 0.0953 e. The summed E-state index contributed by atoms with van der Waals surface area (Å²) in [6, 6.07) is 1.99. The van der Waals surface area contributed by atoms with E-state index < -0.39 is 0 Å². The average molecular weight is 191 g/mol. The van der Waals surface area contributed by atoms with Crippen LogP contribution in [0.25, 0.3) is 0 Å². The van der Waals surface area contributed by atoms with Gasteiger partial charge in [0.2, 0.25) is 0 Å². The summed E-state index contributed by atoms with van der Waals surface area (Å²) in [5.41, 5.74) is 7.39. The minimum atomic E-state index is 0.481. The van der Waals surface area contributed by atoms with E-state index >= 15 is 0 Å². The van der Waals surface area contributed by atoms with E-state index in [4.69, 9.17) is 5.73 Å². The Kier molecular flexibility index (Phi) is 2.32. The van der Waals surface area contributed by atoms with Crippen LogP contribution in [0.3, 0.4) is 0 Å². The normalized spacial score (nSPS) is 10.7. The fourth-order valence-corrected chi connectivity index (χ4v) is 1.33. The van der Waals surface area contributed by atoms with E-state index in [2.05, 4.69) is 10.1 Å². The Morgan fingerprint density at radius 1 is 1.43 bits per heavy atom. The highest BCUT2D eigenvalue weighted by Gasteiger charge is 1.99. The highest BCUT2D eigenvalue weighted by atomic mass is 15.3. The van der Waals surface area contributed by atoms with Crippen molar-refractivity contribution in [1.82, 2.24) is 19.3 Å². The van der Waals surface area contributed by atoms with E-state index in [1.54, 1.807) is 11.0 Å². The van der Waals surface area contributed by atoms with Gasteiger partial charge in [0.25, 0.3) is 0 Å². The Morgan fingerprint density at radius 2 is 2.29 bits per heavy atom. The Balaban J connectivity index is 2.10. The molecule has 0 saturated carbocycles. The van der Waals surface area contributed by atoms with Crippen LogP contribution in [-0.2, 0) is 20.1 Å². The molecule has 5 heteroatoms. The molecule has 2 heterocycles. The van der Waals surface area contributed by atoms with Crippen LogP contribution in [0, 0.1) is 0 Å². The van der Waals surface area contributed by atoms with Crippen molar-refractivity contribution in [3.8, 4) is 0 Å². The first kappa shape index (κ1) is 8.96. The SMILES string of the molecule is Cn1ccc(Cn2cnc(CN)c2)n1. The van der Waals surface area contributed by atoms with Crippen LogP contribution in [-0.4, -0.2) is 19.3 Å². The summed E-state index contributed by atoms with van der Waals surface area (Å²) < 4.78 is 3.76. The second-order valence-electron chi connectivity index (χ2n) is 3.22. The Hall–Kier alpha value is -1.62. The van der Waals surface area contributed by atoms with Gasteiger partial charge in [0.1, 0.15) is 0 Å². The molecule has 2 aromatic heterocycles. The predicted octanol–water partition coefficient (Wildman–Crippen LogP) is 0.124. The zero-order valence-corrected chi connectivity index (χ0v) is 8.09. The Labute approximate surface area is 82.2 Å². The minimum Gasteiger partial charge on any atom is -0.331 e. The summed E-state index contributed by atoms with van der Waals surface area (Å²) >= 11 is 0. The number of hydrogen-bond acceptors (Lipinski definition) is 3. The molecule has 0 fully saturated rings. The molecule has 0 spiro atoms. The average Bonchev–Trinajstić information content (AvgIpc) is 2.76. The summed E-state index contributed by atoms with van der Waals surface area (Å²) in [7, 11) is 1.91. The number of hydrogen-bond donors (Lipinski definition) is 1. The minimum absolute atomic E-state index is 0.481. The van der Waals surface area contributed by atoms with Gasteiger partial charge in [-0.1, -0.05) is 0 Å². The van der Waals surface area contributed by atoms with Gasteiger partial charge in [-0.15, -0.1) is 0 Å². The zero-order valence-electron chi connectivity index (χ0n) is 8.09. The molecule has 0 bridgehead atoms. The Morgan fingerprint density at radius 3 is 2.86 bits per heavy atom. The first-order valence-electron chi connectivity index (χ1n) is 4.47. The lowest BCUT2D eigenvalue weighted by Crippen LogP contribution is -1.99. The third-order valence-electron chi connectivity index (χ3n) is 2.01. The Bertz CT molecular complexity index is 414. The largest absolute Gasteiger partial charge is 0.331 e. The van der Waals surface area contributed by atoms with Crippen LogP contribution in [0.2, 0.25) is 0 Å². The number of nitrogens with two attached hydrogens (primary N) is 1. The number of rotatable bonds is 3. The highest BCUT2D eigenvalue weighted by molar-refractivity contribution is 5.02. The van der Waals surface area contributed by atoms with Crippen molar-refractivity contribution in [3.05, 3.63) is 36.2 Å². The molecule has 0 unspecified atom stereocenters. The topological polar surface area (TPSA) is 61.7 Å². The molecule has 0 aliphatic rings. The van der Waals surface area contributed by atoms with Crippen LogP contribution in [0.15, 0.2) is 24.8 Å². The van der Waals surface area contributed by atoms with E-state index in [1.165, 1.54) is 0 Å². The lowest BCUT2D eigenvalue weighted by atomic mass is 10.4. The first-order chi connectivity index (χ1) is 6.78. The van der Waals surface area contributed by atoms with E-state index in [9.17, 15) is 0 Å².